The molecule has 2 unspecified atom stereocenters. The first-order chi connectivity index (χ1) is 12.8. The van der Waals surface area contributed by atoms with Crippen LogP contribution in [0.15, 0.2) is 18.2 Å². The summed E-state index contributed by atoms with van der Waals surface area (Å²) < 4.78 is 58.4. The normalized spacial score (nSPS) is 28.2. The van der Waals surface area contributed by atoms with Crippen LogP contribution in [-0.2, 0) is 16.5 Å². The number of carbonyl (C=O) groups excluding carboxylic acids is 1. The molecule has 2 heterocycles. The average Bonchev–Trinajstić information content (AvgIpc) is 2.51. The largest absolute Gasteiger partial charge is 0.444 e. The minimum absolute atomic E-state index is 0.0605. The predicted octanol–water partition coefficient (Wildman–Crippen LogP) is 4.98. The quantitative estimate of drug-likeness (QED) is 0.673. The fourth-order valence-electron chi connectivity index (χ4n) is 4.33. The number of aliphatic hydroxyl groups is 1. The molecule has 0 aliphatic carbocycles. The number of amides is 1. The predicted molar refractivity (Wildman–Crippen MR) is 94.0 cm³/mol. The molecule has 2 bridgehead atoms. The lowest BCUT2D eigenvalue weighted by Gasteiger charge is -2.51. The second-order valence-electron chi connectivity index (χ2n) is 8.76. The lowest BCUT2D eigenvalue weighted by atomic mass is 9.72. The molecule has 1 N–H and O–H groups in total. The van der Waals surface area contributed by atoms with E-state index in [0.717, 1.165) is 18.6 Å². The summed E-state index contributed by atoms with van der Waals surface area (Å²) in [7, 11) is 0. The van der Waals surface area contributed by atoms with Gasteiger partial charge in [-0.15, -0.1) is 0 Å². The first-order valence-electron chi connectivity index (χ1n) is 9.41. The highest BCUT2D eigenvalue weighted by atomic mass is 19.4. The van der Waals surface area contributed by atoms with Crippen molar-refractivity contribution in [2.24, 2.45) is 0 Å². The first kappa shape index (κ1) is 20.9. The Kier molecular flexibility index (Phi) is 5.15. The standard InChI is InChI=1S/C20H25F4NO3/c1-18(2,3)28-17(26)25-13-5-4-6-14(25)11-19(27,10-13)15-8-7-12(9-16(15)21)20(22,23)24/h7-9,13-14,27H,4-6,10-11H2,1-3H3. The molecule has 8 heteroatoms. The van der Waals surface area contributed by atoms with Crippen molar-refractivity contribution in [2.75, 3.05) is 0 Å². The van der Waals surface area contributed by atoms with Crippen LogP contribution < -0.4 is 0 Å². The molecule has 28 heavy (non-hydrogen) atoms. The molecule has 4 nitrogen and oxygen atoms in total. The van der Waals surface area contributed by atoms with Crippen molar-refractivity contribution in [1.29, 1.82) is 0 Å². The Labute approximate surface area is 161 Å². The van der Waals surface area contributed by atoms with E-state index in [9.17, 15) is 27.5 Å². The molecule has 2 aliphatic rings. The molecule has 1 aromatic rings. The van der Waals surface area contributed by atoms with Crippen molar-refractivity contribution in [3.05, 3.63) is 35.1 Å². The third-order valence-corrected chi connectivity index (χ3v) is 5.41. The topological polar surface area (TPSA) is 49.8 Å². The summed E-state index contributed by atoms with van der Waals surface area (Å²) in [6.07, 6.45) is -2.90. The molecule has 1 aromatic carbocycles. The molecular weight excluding hydrogens is 378 g/mol. The molecule has 0 spiro atoms. The van der Waals surface area contributed by atoms with Gasteiger partial charge in [-0.25, -0.2) is 9.18 Å². The maximum Gasteiger partial charge on any atom is 0.416 e. The van der Waals surface area contributed by atoms with E-state index < -0.39 is 34.9 Å². The van der Waals surface area contributed by atoms with Crippen LogP contribution in [0.3, 0.4) is 0 Å². The smallest absolute Gasteiger partial charge is 0.416 e. The van der Waals surface area contributed by atoms with Gasteiger partial charge < -0.3 is 14.7 Å². The highest BCUT2D eigenvalue weighted by Gasteiger charge is 2.50. The van der Waals surface area contributed by atoms with Crippen LogP contribution in [0.2, 0.25) is 0 Å². The van der Waals surface area contributed by atoms with Gasteiger partial charge in [0.1, 0.15) is 11.4 Å². The fourth-order valence-corrected chi connectivity index (χ4v) is 4.33. The lowest BCUT2D eigenvalue weighted by Crippen LogP contribution is -2.59. The van der Waals surface area contributed by atoms with Crippen LogP contribution in [0.1, 0.15) is 64.0 Å². The Morgan fingerprint density at radius 2 is 1.75 bits per heavy atom. The minimum Gasteiger partial charge on any atom is -0.444 e. The zero-order valence-corrected chi connectivity index (χ0v) is 16.1. The zero-order valence-electron chi connectivity index (χ0n) is 16.1. The fraction of sp³-hybridized carbons (Fsp3) is 0.650. The summed E-state index contributed by atoms with van der Waals surface area (Å²) in [5, 5.41) is 11.2. The number of carbonyl (C=O) groups is 1. The van der Waals surface area contributed by atoms with E-state index in [4.69, 9.17) is 4.74 Å². The van der Waals surface area contributed by atoms with Crippen LogP contribution in [-0.4, -0.2) is 33.8 Å². The van der Waals surface area contributed by atoms with Gasteiger partial charge in [0.05, 0.1) is 11.2 Å². The molecule has 1 amide bonds. The van der Waals surface area contributed by atoms with E-state index in [2.05, 4.69) is 0 Å². The highest BCUT2D eigenvalue weighted by molar-refractivity contribution is 5.69. The zero-order chi connectivity index (χ0) is 20.9. The van der Waals surface area contributed by atoms with E-state index in [1.807, 2.05) is 0 Å². The molecule has 2 atom stereocenters. The van der Waals surface area contributed by atoms with Gasteiger partial charge in [0.2, 0.25) is 0 Å². The number of fused-ring (bicyclic) bond motifs is 2. The summed E-state index contributed by atoms with van der Waals surface area (Å²) in [6.45, 7) is 5.29. The summed E-state index contributed by atoms with van der Waals surface area (Å²) in [6, 6.07) is 1.51. The van der Waals surface area contributed by atoms with Crippen LogP contribution in [0, 0.1) is 5.82 Å². The van der Waals surface area contributed by atoms with Crippen molar-refractivity contribution < 1.29 is 32.2 Å². The summed E-state index contributed by atoms with van der Waals surface area (Å²) >= 11 is 0. The molecule has 2 fully saturated rings. The van der Waals surface area contributed by atoms with Gasteiger partial charge in [-0.05, 0) is 52.2 Å². The van der Waals surface area contributed by atoms with Crippen LogP contribution in [0.5, 0.6) is 0 Å². The minimum atomic E-state index is -4.65. The van der Waals surface area contributed by atoms with Crippen molar-refractivity contribution in [3.63, 3.8) is 0 Å². The molecule has 156 valence electrons. The summed E-state index contributed by atoms with van der Waals surface area (Å²) in [5.74, 6) is -1.08. The molecule has 0 aromatic heterocycles. The maximum atomic E-state index is 14.5. The molecule has 2 saturated heterocycles. The van der Waals surface area contributed by atoms with E-state index in [1.165, 1.54) is 0 Å². The third kappa shape index (κ3) is 4.11. The second-order valence-corrected chi connectivity index (χ2v) is 8.76. The number of alkyl halides is 3. The Morgan fingerprint density at radius 1 is 1.18 bits per heavy atom. The number of piperidine rings is 2. The lowest BCUT2D eigenvalue weighted by molar-refractivity contribution is -0.138. The molecule has 3 rings (SSSR count). The van der Waals surface area contributed by atoms with Gasteiger partial charge in [-0.3, -0.25) is 0 Å². The molecule has 0 radical (unpaired) electrons. The van der Waals surface area contributed by atoms with Crippen molar-refractivity contribution in [3.8, 4) is 0 Å². The SMILES string of the molecule is CC(C)(C)OC(=O)N1C2CCCC1CC(O)(c1ccc(C(F)(F)F)cc1F)C2. The van der Waals surface area contributed by atoms with Gasteiger partial charge in [0.15, 0.2) is 0 Å². The van der Waals surface area contributed by atoms with Gasteiger partial charge >= 0.3 is 12.3 Å². The molecular formula is C20H25F4NO3. The number of rotatable bonds is 1. The van der Waals surface area contributed by atoms with Crippen LogP contribution >= 0.6 is 0 Å². The number of benzene rings is 1. The maximum absolute atomic E-state index is 14.5. The van der Waals surface area contributed by atoms with Crippen molar-refractivity contribution >= 4 is 6.09 Å². The van der Waals surface area contributed by atoms with Gasteiger partial charge in [0, 0.05) is 30.5 Å². The van der Waals surface area contributed by atoms with Crippen molar-refractivity contribution in [2.45, 2.75) is 82.3 Å². The summed E-state index contributed by atoms with van der Waals surface area (Å²) in [4.78, 5) is 14.2. The Morgan fingerprint density at radius 3 is 2.21 bits per heavy atom. The summed E-state index contributed by atoms with van der Waals surface area (Å²) in [5.41, 5.74) is -3.54. The van der Waals surface area contributed by atoms with Crippen LogP contribution in [0.4, 0.5) is 22.4 Å². The monoisotopic (exact) mass is 403 g/mol. The van der Waals surface area contributed by atoms with Crippen molar-refractivity contribution in [1.82, 2.24) is 4.90 Å². The number of hydrogen-bond acceptors (Lipinski definition) is 3. The first-order valence-corrected chi connectivity index (χ1v) is 9.41. The van der Waals surface area contributed by atoms with Gasteiger partial charge in [-0.1, -0.05) is 6.07 Å². The number of ether oxygens (including phenoxy) is 1. The number of hydrogen-bond donors (Lipinski definition) is 1. The van der Waals surface area contributed by atoms with Crippen LogP contribution in [0.25, 0.3) is 0 Å². The Hall–Kier alpha value is -1.83. The Bertz CT molecular complexity index is 743. The molecule has 0 saturated carbocycles. The highest BCUT2D eigenvalue weighted by Crippen LogP contribution is 2.46. The van der Waals surface area contributed by atoms with E-state index in [-0.39, 0.29) is 30.5 Å². The van der Waals surface area contributed by atoms with Gasteiger partial charge in [-0.2, -0.15) is 13.2 Å². The average molecular weight is 403 g/mol. The van der Waals surface area contributed by atoms with Gasteiger partial charge in [0.25, 0.3) is 0 Å². The number of nitrogens with zero attached hydrogens (tertiary/aromatic N) is 1. The second kappa shape index (κ2) is 6.90. The number of halogens is 4. The van der Waals surface area contributed by atoms with E-state index >= 15 is 0 Å². The third-order valence-electron chi connectivity index (χ3n) is 5.41. The van der Waals surface area contributed by atoms with E-state index in [0.29, 0.717) is 18.9 Å². The molecule has 2 aliphatic heterocycles. The Balaban J connectivity index is 1.87. The van der Waals surface area contributed by atoms with E-state index in [1.54, 1.807) is 25.7 Å².